The lowest BCUT2D eigenvalue weighted by Crippen LogP contribution is -2.30. The topological polar surface area (TPSA) is 81.8 Å². The molecule has 5 heteroatoms. The molecule has 96 valence electrons. The molecule has 1 aromatic rings. The van der Waals surface area contributed by atoms with Crippen LogP contribution in [0.25, 0.3) is 0 Å². The Balaban J connectivity index is 2.16. The fourth-order valence-electron chi connectivity index (χ4n) is 2.05. The van der Waals surface area contributed by atoms with Crippen LogP contribution in [0.1, 0.15) is 38.2 Å². The van der Waals surface area contributed by atoms with E-state index in [1.54, 1.807) is 6.07 Å². The first-order valence-corrected chi connectivity index (χ1v) is 6.29. The molecule has 0 radical (unpaired) electrons. The van der Waals surface area contributed by atoms with Crippen molar-refractivity contribution in [1.29, 1.82) is 5.26 Å². The van der Waals surface area contributed by atoms with Gasteiger partial charge in [0.15, 0.2) is 0 Å². The summed E-state index contributed by atoms with van der Waals surface area (Å²) in [6.07, 6.45) is 2.77. The van der Waals surface area contributed by atoms with Gasteiger partial charge in [0.05, 0.1) is 6.61 Å². The highest BCUT2D eigenvalue weighted by atomic mass is 16.3. The molecule has 2 rings (SSSR count). The molecule has 1 aliphatic rings. The van der Waals surface area contributed by atoms with Crippen molar-refractivity contribution in [3.8, 4) is 6.07 Å². The van der Waals surface area contributed by atoms with Gasteiger partial charge in [-0.25, -0.2) is 9.97 Å². The molecule has 1 fully saturated rings. The Morgan fingerprint density at radius 3 is 2.78 bits per heavy atom. The third-order valence-corrected chi connectivity index (χ3v) is 3.69. The molecular formula is C13H18N4O. The fourth-order valence-corrected chi connectivity index (χ4v) is 2.05. The molecule has 1 aliphatic carbocycles. The number of nitrogens with one attached hydrogen (secondary N) is 1. The van der Waals surface area contributed by atoms with Crippen LogP contribution in [0.5, 0.6) is 0 Å². The summed E-state index contributed by atoms with van der Waals surface area (Å²) in [6, 6.07) is 3.85. The van der Waals surface area contributed by atoms with Crippen molar-refractivity contribution < 1.29 is 5.11 Å². The average molecular weight is 246 g/mol. The Morgan fingerprint density at radius 2 is 2.28 bits per heavy atom. The molecule has 5 nitrogen and oxygen atoms in total. The summed E-state index contributed by atoms with van der Waals surface area (Å²) in [4.78, 5) is 8.47. The van der Waals surface area contributed by atoms with Gasteiger partial charge in [-0.1, -0.05) is 6.92 Å². The van der Waals surface area contributed by atoms with E-state index in [4.69, 9.17) is 5.26 Å². The number of nitriles is 1. The van der Waals surface area contributed by atoms with Crippen molar-refractivity contribution >= 4 is 5.82 Å². The van der Waals surface area contributed by atoms with Gasteiger partial charge in [-0.2, -0.15) is 5.26 Å². The van der Waals surface area contributed by atoms with Crippen LogP contribution in [0, 0.1) is 16.7 Å². The van der Waals surface area contributed by atoms with Gasteiger partial charge in [0.1, 0.15) is 23.4 Å². The van der Waals surface area contributed by atoms with E-state index in [0.717, 1.165) is 12.8 Å². The Bertz CT molecular complexity index is 476. The normalized spacial score (nSPS) is 17.9. The minimum Gasteiger partial charge on any atom is -0.396 e. The third-order valence-electron chi connectivity index (χ3n) is 3.69. The predicted octanol–water partition coefficient (Wildman–Crippen LogP) is 1.48. The number of nitrogens with zero attached hydrogens (tertiary/aromatic N) is 3. The van der Waals surface area contributed by atoms with Gasteiger partial charge >= 0.3 is 0 Å². The number of rotatable bonds is 5. The fraction of sp³-hybridized carbons (Fsp3) is 0.615. The highest BCUT2D eigenvalue weighted by Gasteiger charge is 2.47. The summed E-state index contributed by atoms with van der Waals surface area (Å²) in [6.45, 7) is 4.20. The quantitative estimate of drug-likeness (QED) is 0.822. The van der Waals surface area contributed by atoms with Crippen molar-refractivity contribution in [3.05, 3.63) is 17.6 Å². The lowest BCUT2D eigenvalue weighted by Gasteiger charge is -2.23. The Kier molecular flexibility index (Phi) is 3.48. The molecule has 1 unspecified atom stereocenters. The highest BCUT2D eigenvalue weighted by molar-refractivity contribution is 5.41. The summed E-state index contributed by atoms with van der Waals surface area (Å²) >= 11 is 0. The molecule has 18 heavy (non-hydrogen) atoms. The zero-order valence-electron chi connectivity index (χ0n) is 10.8. The Hall–Kier alpha value is -1.67. The molecule has 1 atom stereocenters. The van der Waals surface area contributed by atoms with Gasteiger partial charge in [0.2, 0.25) is 0 Å². The number of aryl methyl sites for hydroxylation is 1. The third kappa shape index (κ3) is 2.44. The summed E-state index contributed by atoms with van der Waals surface area (Å²) in [5, 5.41) is 21.6. The van der Waals surface area contributed by atoms with Crippen molar-refractivity contribution in [2.24, 2.45) is 5.41 Å². The van der Waals surface area contributed by atoms with E-state index in [1.165, 1.54) is 0 Å². The molecule has 1 heterocycles. The maximum atomic E-state index is 9.38. The molecular weight excluding hydrogens is 228 g/mol. The van der Waals surface area contributed by atoms with Crippen molar-refractivity contribution in [1.82, 2.24) is 9.97 Å². The molecule has 0 aliphatic heterocycles. The number of anilines is 1. The predicted molar refractivity (Wildman–Crippen MR) is 68.0 cm³/mol. The summed E-state index contributed by atoms with van der Waals surface area (Å²) < 4.78 is 0. The van der Waals surface area contributed by atoms with Crippen molar-refractivity contribution in [2.75, 3.05) is 11.9 Å². The zero-order chi connectivity index (χ0) is 13.2. The summed E-state index contributed by atoms with van der Waals surface area (Å²) in [5.41, 5.74) is 0.370. The van der Waals surface area contributed by atoms with Gasteiger partial charge in [0, 0.05) is 23.9 Å². The first-order chi connectivity index (χ1) is 8.63. The van der Waals surface area contributed by atoms with E-state index in [2.05, 4.69) is 15.3 Å². The molecule has 0 saturated heterocycles. The van der Waals surface area contributed by atoms with Gasteiger partial charge in [-0.05, 0) is 19.8 Å². The maximum Gasteiger partial charge on any atom is 0.146 e. The monoisotopic (exact) mass is 246 g/mol. The summed E-state index contributed by atoms with van der Waals surface area (Å²) in [5.74, 6) is 1.34. The van der Waals surface area contributed by atoms with Crippen molar-refractivity contribution in [2.45, 2.75) is 39.2 Å². The van der Waals surface area contributed by atoms with Gasteiger partial charge in [-0.15, -0.1) is 0 Å². The van der Waals surface area contributed by atoms with Crippen LogP contribution in [0.2, 0.25) is 0 Å². The number of aromatic nitrogens is 2. The van der Waals surface area contributed by atoms with Crippen LogP contribution >= 0.6 is 0 Å². The van der Waals surface area contributed by atoms with E-state index >= 15 is 0 Å². The van der Waals surface area contributed by atoms with Crippen LogP contribution < -0.4 is 5.32 Å². The Labute approximate surface area is 107 Å². The first-order valence-electron chi connectivity index (χ1n) is 6.29. The lowest BCUT2D eigenvalue weighted by atomic mass is 9.99. The molecule has 0 aromatic carbocycles. The average Bonchev–Trinajstić information content (AvgIpc) is 3.19. The second-order valence-electron chi connectivity index (χ2n) is 4.91. The Morgan fingerprint density at radius 1 is 1.56 bits per heavy atom. The van der Waals surface area contributed by atoms with Crippen LogP contribution in [0.4, 0.5) is 5.82 Å². The van der Waals surface area contributed by atoms with Gasteiger partial charge < -0.3 is 10.4 Å². The molecule has 1 aromatic heterocycles. The lowest BCUT2D eigenvalue weighted by molar-refractivity contribution is 0.198. The standard InChI is InChI=1S/C13H18N4O/c1-3-11-16-10(7-14)6-12(17-11)15-9(2)13(8-18)4-5-13/h6,9,18H,3-5,8H2,1-2H3,(H,15,16,17). The number of aliphatic hydroxyl groups is 1. The smallest absolute Gasteiger partial charge is 0.146 e. The van der Waals surface area contributed by atoms with Gasteiger partial charge in [-0.3, -0.25) is 0 Å². The number of hydrogen-bond donors (Lipinski definition) is 2. The largest absolute Gasteiger partial charge is 0.396 e. The SMILES string of the molecule is CCc1nc(C#N)cc(NC(C)C2(CO)CC2)n1. The molecule has 1 saturated carbocycles. The van der Waals surface area contributed by atoms with Crippen LogP contribution in [0.15, 0.2) is 6.07 Å². The van der Waals surface area contributed by atoms with Crippen LogP contribution in [0.3, 0.4) is 0 Å². The molecule has 0 bridgehead atoms. The second-order valence-corrected chi connectivity index (χ2v) is 4.91. The highest BCUT2D eigenvalue weighted by Crippen LogP contribution is 2.48. The van der Waals surface area contributed by atoms with E-state index in [9.17, 15) is 5.11 Å². The van der Waals surface area contributed by atoms with Crippen LogP contribution in [-0.2, 0) is 6.42 Å². The van der Waals surface area contributed by atoms with E-state index in [-0.39, 0.29) is 18.1 Å². The molecule has 0 spiro atoms. The second kappa shape index (κ2) is 4.91. The van der Waals surface area contributed by atoms with Crippen LogP contribution in [-0.4, -0.2) is 27.7 Å². The van der Waals surface area contributed by atoms with E-state index < -0.39 is 0 Å². The first kappa shape index (κ1) is 12.8. The van der Waals surface area contributed by atoms with E-state index in [1.807, 2.05) is 19.9 Å². The minimum absolute atomic E-state index is 0.00979. The molecule has 2 N–H and O–H groups in total. The zero-order valence-corrected chi connectivity index (χ0v) is 10.8. The number of aliphatic hydroxyl groups excluding tert-OH is 1. The molecule has 0 amide bonds. The van der Waals surface area contributed by atoms with Gasteiger partial charge in [0.25, 0.3) is 0 Å². The maximum absolute atomic E-state index is 9.38. The van der Waals surface area contributed by atoms with Crippen molar-refractivity contribution in [3.63, 3.8) is 0 Å². The number of hydrogen-bond acceptors (Lipinski definition) is 5. The summed E-state index contributed by atoms with van der Waals surface area (Å²) in [7, 11) is 0. The van der Waals surface area contributed by atoms with E-state index in [0.29, 0.717) is 23.8 Å². The minimum atomic E-state index is -0.00979.